The SMILES string of the molecule is CCOC(=O)c1cc(-c2ccc(/C=N\NC(=O)c3cc4c(ccc5ccccc54)o3)o2)ccc1Cl. The van der Waals surface area contributed by atoms with Gasteiger partial charge in [0.05, 0.1) is 23.4 Å². The van der Waals surface area contributed by atoms with Crippen LogP contribution in [0, 0.1) is 0 Å². The molecule has 2 heterocycles. The lowest BCUT2D eigenvalue weighted by Gasteiger charge is -2.05. The maximum absolute atomic E-state index is 12.5. The molecule has 0 saturated heterocycles. The van der Waals surface area contributed by atoms with Gasteiger partial charge in [0, 0.05) is 10.9 Å². The van der Waals surface area contributed by atoms with Crippen LogP contribution in [0.15, 0.2) is 86.7 Å². The molecule has 1 amide bonds. The second-order valence-corrected chi connectivity index (χ2v) is 8.03. The highest BCUT2D eigenvalue weighted by molar-refractivity contribution is 6.33. The van der Waals surface area contributed by atoms with Crippen molar-refractivity contribution in [2.75, 3.05) is 6.61 Å². The van der Waals surface area contributed by atoms with E-state index in [1.165, 1.54) is 6.21 Å². The Morgan fingerprint density at radius 1 is 1.00 bits per heavy atom. The lowest BCUT2D eigenvalue weighted by atomic mass is 10.1. The Morgan fingerprint density at radius 3 is 2.71 bits per heavy atom. The Kier molecular flexibility index (Phi) is 6.08. The van der Waals surface area contributed by atoms with Crippen molar-refractivity contribution in [1.82, 2.24) is 5.43 Å². The summed E-state index contributed by atoms with van der Waals surface area (Å²) in [7, 11) is 0. The van der Waals surface area contributed by atoms with Crippen LogP contribution in [0.5, 0.6) is 0 Å². The van der Waals surface area contributed by atoms with Gasteiger partial charge in [0.2, 0.25) is 0 Å². The Morgan fingerprint density at radius 2 is 1.86 bits per heavy atom. The summed E-state index contributed by atoms with van der Waals surface area (Å²) >= 11 is 6.12. The summed E-state index contributed by atoms with van der Waals surface area (Å²) in [6.45, 7) is 1.97. The molecule has 0 saturated carbocycles. The minimum absolute atomic E-state index is 0.154. The molecule has 0 radical (unpaired) electrons. The number of esters is 1. The average molecular weight is 487 g/mol. The summed E-state index contributed by atoms with van der Waals surface area (Å²) in [6, 6.07) is 21.8. The molecule has 0 atom stereocenters. The number of hydrogen-bond acceptors (Lipinski definition) is 6. The van der Waals surface area contributed by atoms with E-state index in [4.69, 9.17) is 25.2 Å². The summed E-state index contributed by atoms with van der Waals surface area (Å²) in [5.74, 6) is 0.0769. The first-order valence-corrected chi connectivity index (χ1v) is 11.2. The first-order chi connectivity index (χ1) is 17.0. The molecule has 35 heavy (non-hydrogen) atoms. The smallest absolute Gasteiger partial charge is 0.339 e. The number of halogens is 1. The van der Waals surface area contributed by atoms with Crippen molar-refractivity contribution >= 4 is 51.4 Å². The molecule has 174 valence electrons. The predicted molar refractivity (Wildman–Crippen MR) is 134 cm³/mol. The number of hydrogen-bond donors (Lipinski definition) is 1. The normalized spacial score (nSPS) is 11.4. The summed E-state index contributed by atoms with van der Waals surface area (Å²) in [5.41, 5.74) is 3.97. The van der Waals surface area contributed by atoms with Gasteiger partial charge in [-0.15, -0.1) is 0 Å². The Labute approximate surface area is 204 Å². The number of rotatable bonds is 6. The number of benzene rings is 3. The van der Waals surface area contributed by atoms with E-state index >= 15 is 0 Å². The molecule has 0 aliphatic carbocycles. The summed E-state index contributed by atoms with van der Waals surface area (Å²) in [4.78, 5) is 24.6. The lowest BCUT2D eigenvalue weighted by Crippen LogP contribution is -2.16. The third kappa shape index (κ3) is 4.54. The lowest BCUT2D eigenvalue weighted by molar-refractivity contribution is 0.0526. The number of carbonyl (C=O) groups is 2. The molecule has 0 unspecified atom stereocenters. The summed E-state index contributed by atoms with van der Waals surface area (Å²) in [6.07, 6.45) is 1.38. The van der Waals surface area contributed by atoms with Crippen molar-refractivity contribution in [3.8, 4) is 11.3 Å². The zero-order valence-corrected chi connectivity index (χ0v) is 19.3. The number of furan rings is 2. The van der Waals surface area contributed by atoms with Gasteiger partial charge in [0.15, 0.2) is 5.76 Å². The largest absolute Gasteiger partial charge is 0.462 e. The van der Waals surface area contributed by atoms with E-state index < -0.39 is 11.9 Å². The van der Waals surface area contributed by atoms with Crippen LogP contribution < -0.4 is 5.43 Å². The van der Waals surface area contributed by atoms with Crippen LogP contribution in [0.1, 0.15) is 33.6 Å². The van der Waals surface area contributed by atoms with Crippen LogP contribution in [-0.4, -0.2) is 24.7 Å². The summed E-state index contributed by atoms with van der Waals surface area (Å²) in [5, 5.41) is 7.19. The highest BCUT2D eigenvalue weighted by Crippen LogP contribution is 2.29. The van der Waals surface area contributed by atoms with Gasteiger partial charge in [0.1, 0.15) is 17.1 Å². The molecule has 7 nitrogen and oxygen atoms in total. The van der Waals surface area contributed by atoms with Gasteiger partial charge >= 0.3 is 11.9 Å². The van der Waals surface area contributed by atoms with Crippen molar-refractivity contribution in [2.24, 2.45) is 5.10 Å². The van der Waals surface area contributed by atoms with Crippen molar-refractivity contribution in [2.45, 2.75) is 6.92 Å². The maximum Gasteiger partial charge on any atom is 0.339 e. The molecule has 0 bridgehead atoms. The van der Waals surface area contributed by atoms with E-state index in [1.807, 2.05) is 36.4 Å². The van der Waals surface area contributed by atoms with E-state index in [9.17, 15) is 9.59 Å². The number of hydrazone groups is 1. The topological polar surface area (TPSA) is 94.0 Å². The highest BCUT2D eigenvalue weighted by atomic mass is 35.5. The van der Waals surface area contributed by atoms with Gasteiger partial charge in [0.25, 0.3) is 0 Å². The molecule has 0 spiro atoms. The number of fused-ring (bicyclic) bond motifs is 3. The fraction of sp³-hybridized carbons (Fsp3) is 0.0741. The molecule has 5 aromatic rings. The van der Waals surface area contributed by atoms with Crippen molar-refractivity contribution in [3.05, 3.63) is 94.9 Å². The van der Waals surface area contributed by atoms with Gasteiger partial charge in [-0.3, -0.25) is 4.79 Å². The zero-order chi connectivity index (χ0) is 24.4. The van der Waals surface area contributed by atoms with Gasteiger partial charge in [-0.2, -0.15) is 5.10 Å². The van der Waals surface area contributed by atoms with Crippen molar-refractivity contribution in [3.63, 3.8) is 0 Å². The number of ether oxygens (including phenoxy) is 1. The fourth-order valence-electron chi connectivity index (χ4n) is 3.74. The van der Waals surface area contributed by atoms with Gasteiger partial charge in [-0.1, -0.05) is 41.9 Å². The van der Waals surface area contributed by atoms with E-state index in [2.05, 4.69) is 10.5 Å². The van der Waals surface area contributed by atoms with Gasteiger partial charge < -0.3 is 13.6 Å². The van der Waals surface area contributed by atoms with Crippen LogP contribution in [0.3, 0.4) is 0 Å². The van der Waals surface area contributed by atoms with E-state index in [0.717, 1.165) is 16.2 Å². The number of nitrogens with one attached hydrogen (secondary N) is 1. The number of amides is 1. The molecule has 5 rings (SSSR count). The van der Waals surface area contributed by atoms with Crippen LogP contribution in [0.4, 0.5) is 0 Å². The zero-order valence-electron chi connectivity index (χ0n) is 18.6. The first-order valence-electron chi connectivity index (χ1n) is 10.8. The minimum Gasteiger partial charge on any atom is -0.462 e. The van der Waals surface area contributed by atoms with Gasteiger partial charge in [-0.25, -0.2) is 10.2 Å². The molecule has 0 aliphatic rings. The maximum atomic E-state index is 12.5. The van der Waals surface area contributed by atoms with Crippen LogP contribution in [0.2, 0.25) is 5.02 Å². The van der Waals surface area contributed by atoms with Crippen LogP contribution >= 0.6 is 11.6 Å². The molecule has 0 fully saturated rings. The second-order valence-electron chi connectivity index (χ2n) is 7.63. The molecule has 2 aromatic heterocycles. The predicted octanol–water partition coefficient (Wildman–Crippen LogP) is 6.44. The quantitative estimate of drug-likeness (QED) is 0.169. The Bertz CT molecular complexity index is 1600. The van der Waals surface area contributed by atoms with E-state index in [-0.39, 0.29) is 17.9 Å². The van der Waals surface area contributed by atoms with Crippen molar-refractivity contribution < 1.29 is 23.2 Å². The second kappa shape index (κ2) is 9.48. The summed E-state index contributed by atoms with van der Waals surface area (Å²) < 4.78 is 16.5. The average Bonchev–Trinajstić information content (AvgIpc) is 3.52. The first kappa shape index (κ1) is 22.4. The molecule has 1 N–H and O–H groups in total. The Balaban J connectivity index is 1.30. The molecule has 8 heteroatoms. The molecule has 3 aromatic carbocycles. The third-order valence-corrected chi connectivity index (χ3v) is 5.71. The number of nitrogens with zero attached hydrogens (tertiary/aromatic N) is 1. The standard InChI is InChI=1S/C27H19ClN2O5/c1-2-33-27(32)21-13-17(7-10-22(21)28)23-12-9-18(34-23)15-29-30-26(31)25-14-20-19-6-4-3-5-16(19)8-11-24(20)35-25/h3-15H,2H2,1H3,(H,30,31)/b29-15-. The molecule has 0 aliphatic heterocycles. The van der Waals surface area contributed by atoms with E-state index in [1.54, 1.807) is 43.3 Å². The van der Waals surface area contributed by atoms with Crippen LogP contribution in [-0.2, 0) is 4.74 Å². The van der Waals surface area contributed by atoms with Crippen molar-refractivity contribution in [1.29, 1.82) is 0 Å². The van der Waals surface area contributed by atoms with E-state index in [0.29, 0.717) is 27.7 Å². The number of carbonyl (C=O) groups excluding carboxylic acids is 2. The molecular weight excluding hydrogens is 468 g/mol. The highest BCUT2D eigenvalue weighted by Gasteiger charge is 2.15. The monoisotopic (exact) mass is 486 g/mol. The fourth-order valence-corrected chi connectivity index (χ4v) is 3.93. The third-order valence-electron chi connectivity index (χ3n) is 5.38. The molecular formula is C27H19ClN2O5. The minimum atomic E-state index is -0.506. The van der Waals surface area contributed by atoms with Gasteiger partial charge in [-0.05, 0) is 60.2 Å². The van der Waals surface area contributed by atoms with Crippen LogP contribution in [0.25, 0.3) is 33.1 Å². The Hall–Kier alpha value is -4.36.